The van der Waals surface area contributed by atoms with Crippen molar-refractivity contribution >= 4 is 28.8 Å². The number of ether oxygens (including phenoxy) is 3. The lowest BCUT2D eigenvalue weighted by molar-refractivity contribution is -0.138. The molecule has 3 aliphatic rings. The van der Waals surface area contributed by atoms with Crippen molar-refractivity contribution in [3.8, 4) is 5.75 Å². The van der Waals surface area contributed by atoms with Crippen LogP contribution in [0.15, 0.2) is 94.6 Å². The maximum atomic E-state index is 13.3. The highest BCUT2D eigenvalue weighted by molar-refractivity contribution is 8.16. The summed E-state index contributed by atoms with van der Waals surface area (Å²) in [6, 6.07) is 17.1. The maximum absolute atomic E-state index is 13.3. The SMILES string of the molecule is C=CCOC(=O)C1=C(C)N=C2SC=C(CC(=O)NC[C@@H]3CCCO3)N2[C@H]1c1cccc(OCc2ccccc2)c1. The molecule has 2 atom stereocenters. The molecule has 1 fully saturated rings. The van der Waals surface area contributed by atoms with E-state index in [-0.39, 0.29) is 25.0 Å². The van der Waals surface area contributed by atoms with Crippen molar-refractivity contribution in [3.63, 3.8) is 0 Å². The van der Waals surface area contributed by atoms with Crippen molar-refractivity contribution < 1.29 is 23.8 Å². The summed E-state index contributed by atoms with van der Waals surface area (Å²) in [6.07, 6.45) is 3.71. The summed E-state index contributed by atoms with van der Waals surface area (Å²) in [5, 5.41) is 5.64. The number of carbonyl (C=O) groups is 2. The normalized spacial score (nSPS) is 20.0. The van der Waals surface area contributed by atoms with Crippen LogP contribution in [0.1, 0.15) is 43.4 Å². The Morgan fingerprint density at radius 2 is 2.08 bits per heavy atom. The molecule has 3 aliphatic heterocycles. The first kappa shape index (κ1) is 27.7. The van der Waals surface area contributed by atoms with E-state index >= 15 is 0 Å². The molecule has 1 saturated heterocycles. The Kier molecular flexibility index (Phi) is 9.03. The number of allylic oxidation sites excluding steroid dienone is 1. The molecule has 0 bridgehead atoms. The number of carbonyl (C=O) groups excluding carboxylic acids is 2. The van der Waals surface area contributed by atoms with E-state index < -0.39 is 12.0 Å². The molecule has 5 rings (SSSR count). The molecule has 0 saturated carbocycles. The van der Waals surface area contributed by atoms with E-state index in [2.05, 4.69) is 11.9 Å². The minimum absolute atomic E-state index is 0.0613. The van der Waals surface area contributed by atoms with Gasteiger partial charge in [-0.2, -0.15) is 0 Å². The van der Waals surface area contributed by atoms with Gasteiger partial charge >= 0.3 is 5.97 Å². The van der Waals surface area contributed by atoms with E-state index in [4.69, 9.17) is 19.2 Å². The van der Waals surface area contributed by atoms with Crippen molar-refractivity contribution in [2.45, 2.75) is 44.9 Å². The van der Waals surface area contributed by atoms with Gasteiger partial charge in [0.05, 0.1) is 29.8 Å². The summed E-state index contributed by atoms with van der Waals surface area (Å²) in [6.45, 7) is 7.20. The van der Waals surface area contributed by atoms with Crippen LogP contribution in [0, 0.1) is 0 Å². The molecule has 0 aliphatic carbocycles. The molecule has 0 aromatic heterocycles. The Morgan fingerprint density at radius 1 is 1.23 bits per heavy atom. The molecule has 0 unspecified atom stereocenters. The molecule has 0 spiro atoms. The van der Waals surface area contributed by atoms with Gasteiger partial charge in [0.25, 0.3) is 0 Å². The van der Waals surface area contributed by atoms with Crippen LogP contribution in [0.3, 0.4) is 0 Å². The van der Waals surface area contributed by atoms with Gasteiger partial charge in [-0.1, -0.05) is 66.9 Å². The molecule has 0 radical (unpaired) electrons. The Balaban J connectivity index is 1.41. The Labute approximate surface area is 238 Å². The van der Waals surface area contributed by atoms with Gasteiger partial charge < -0.3 is 24.4 Å². The lowest BCUT2D eigenvalue weighted by atomic mass is 9.93. The predicted octanol–water partition coefficient (Wildman–Crippen LogP) is 5.26. The number of hydrogen-bond acceptors (Lipinski definition) is 8. The van der Waals surface area contributed by atoms with Crippen LogP contribution < -0.4 is 10.1 Å². The van der Waals surface area contributed by atoms with Crippen molar-refractivity contribution in [2.24, 2.45) is 4.99 Å². The highest BCUT2D eigenvalue weighted by atomic mass is 32.2. The molecular formula is C31H33N3O5S. The quantitative estimate of drug-likeness (QED) is 0.297. The van der Waals surface area contributed by atoms with Gasteiger partial charge in [0.2, 0.25) is 5.91 Å². The fourth-order valence-corrected chi connectivity index (χ4v) is 5.90. The van der Waals surface area contributed by atoms with Crippen LogP contribution in [0.25, 0.3) is 0 Å². The number of amidine groups is 1. The van der Waals surface area contributed by atoms with Gasteiger partial charge in [-0.25, -0.2) is 9.79 Å². The van der Waals surface area contributed by atoms with Crippen LogP contribution in [0.5, 0.6) is 5.75 Å². The minimum atomic E-state index is -0.544. The van der Waals surface area contributed by atoms with Gasteiger partial charge in [0.1, 0.15) is 19.0 Å². The average molecular weight is 560 g/mol. The molecule has 2 aromatic rings. The van der Waals surface area contributed by atoms with Crippen molar-refractivity contribution in [3.05, 3.63) is 101 Å². The van der Waals surface area contributed by atoms with E-state index in [0.717, 1.165) is 36.3 Å². The molecule has 3 heterocycles. The summed E-state index contributed by atoms with van der Waals surface area (Å²) in [7, 11) is 0. The van der Waals surface area contributed by atoms with E-state index in [9.17, 15) is 9.59 Å². The summed E-state index contributed by atoms with van der Waals surface area (Å²) >= 11 is 1.44. The zero-order chi connectivity index (χ0) is 27.9. The first-order valence-corrected chi connectivity index (χ1v) is 14.3. The third kappa shape index (κ3) is 6.48. The second-order valence-electron chi connectivity index (χ2n) is 9.74. The molecule has 1 N–H and O–H groups in total. The monoisotopic (exact) mass is 559 g/mol. The number of amides is 1. The zero-order valence-corrected chi connectivity index (χ0v) is 23.3. The van der Waals surface area contributed by atoms with Crippen molar-refractivity contribution in [1.82, 2.24) is 10.2 Å². The molecule has 9 heteroatoms. The standard InChI is InChI=1S/C31H33N3O5S/c1-3-14-38-30(36)28-21(2)33-31-34(24(20-40-31)17-27(35)32-18-26-13-8-15-37-26)29(28)23-11-7-12-25(16-23)39-19-22-9-5-4-6-10-22/h3-7,9-12,16,20,26,29H,1,8,13-15,17-19H2,2H3,(H,32,35)/t26-,29-/m0/s1. The molecule has 1 amide bonds. The van der Waals surface area contributed by atoms with Crippen LogP contribution >= 0.6 is 11.8 Å². The fraction of sp³-hybridized carbons (Fsp3) is 0.323. The number of rotatable bonds is 11. The predicted molar refractivity (Wildman–Crippen MR) is 155 cm³/mol. The van der Waals surface area contributed by atoms with Gasteiger partial charge in [-0.15, -0.1) is 0 Å². The second kappa shape index (κ2) is 13.0. The molecule has 208 valence electrons. The van der Waals surface area contributed by atoms with Gasteiger partial charge in [-0.3, -0.25) is 4.79 Å². The van der Waals surface area contributed by atoms with Crippen molar-refractivity contribution in [2.75, 3.05) is 19.8 Å². The number of hydrogen-bond donors (Lipinski definition) is 1. The molecule has 8 nitrogen and oxygen atoms in total. The van der Waals surface area contributed by atoms with E-state index in [1.54, 1.807) is 0 Å². The molecular weight excluding hydrogens is 526 g/mol. The van der Waals surface area contributed by atoms with Crippen LogP contribution in [0.2, 0.25) is 0 Å². The number of fused-ring (bicyclic) bond motifs is 1. The first-order valence-electron chi connectivity index (χ1n) is 13.4. The van der Waals surface area contributed by atoms with Crippen molar-refractivity contribution in [1.29, 1.82) is 0 Å². The summed E-state index contributed by atoms with van der Waals surface area (Å²) < 4.78 is 17.2. The van der Waals surface area contributed by atoms with E-state index in [1.165, 1.54) is 17.8 Å². The summed E-state index contributed by atoms with van der Waals surface area (Å²) in [5.41, 5.74) is 3.64. The smallest absolute Gasteiger partial charge is 0.338 e. The van der Waals surface area contributed by atoms with Crippen LogP contribution in [-0.4, -0.2) is 47.8 Å². The second-order valence-corrected chi connectivity index (χ2v) is 10.6. The minimum Gasteiger partial charge on any atom is -0.489 e. The van der Waals surface area contributed by atoms with Gasteiger partial charge in [0, 0.05) is 18.8 Å². The van der Waals surface area contributed by atoms with Gasteiger partial charge in [-0.05, 0) is 48.4 Å². The average Bonchev–Trinajstić information content (AvgIpc) is 3.64. The fourth-order valence-electron chi connectivity index (χ4n) is 4.93. The third-order valence-electron chi connectivity index (χ3n) is 6.87. The summed E-state index contributed by atoms with van der Waals surface area (Å²) in [4.78, 5) is 33.0. The van der Waals surface area contributed by atoms with Crippen LogP contribution in [0.4, 0.5) is 0 Å². The Morgan fingerprint density at radius 3 is 2.85 bits per heavy atom. The maximum Gasteiger partial charge on any atom is 0.338 e. The number of nitrogens with one attached hydrogen (secondary N) is 1. The van der Waals surface area contributed by atoms with Crippen LogP contribution in [-0.2, 0) is 25.7 Å². The highest BCUT2D eigenvalue weighted by Crippen LogP contribution is 2.45. The lowest BCUT2D eigenvalue weighted by Crippen LogP contribution is -2.38. The Bertz CT molecular complexity index is 1350. The molecule has 2 aromatic carbocycles. The molecule has 40 heavy (non-hydrogen) atoms. The highest BCUT2D eigenvalue weighted by Gasteiger charge is 2.41. The summed E-state index contributed by atoms with van der Waals surface area (Å²) in [5.74, 6) is 0.0952. The number of benzene rings is 2. The first-order chi connectivity index (χ1) is 19.5. The van der Waals surface area contributed by atoms with E-state index in [0.29, 0.717) is 35.3 Å². The topological polar surface area (TPSA) is 89.5 Å². The Hall–Kier alpha value is -3.82. The number of esters is 1. The third-order valence-corrected chi connectivity index (χ3v) is 7.76. The lowest BCUT2D eigenvalue weighted by Gasteiger charge is -2.36. The van der Waals surface area contributed by atoms with Gasteiger partial charge in [0.15, 0.2) is 5.17 Å². The largest absolute Gasteiger partial charge is 0.489 e. The number of thioether (sulfide) groups is 1. The van der Waals surface area contributed by atoms with E-state index in [1.807, 2.05) is 71.8 Å². The number of aliphatic imine (C=N–C) groups is 1. The zero-order valence-electron chi connectivity index (χ0n) is 22.5. The number of nitrogens with zero attached hydrogens (tertiary/aromatic N) is 2.